The molecule has 1 aliphatic heterocycles. The van der Waals surface area contributed by atoms with E-state index in [0.29, 0.717) is 19.0 Å². The second-order valence-corrected chi connectivity index (χ2v) is 7.27. The smallest absolute Gasteiger partial charge is 0.213 e. The molecule has 1 unspecified atom stereocenters. The summed E-state index contributed by atoms with van der Waals surface area (Å²) in [5.74, 6) is 0.686. The van der Waals surface area contributed by atoms with Crippen molar-refractivity contribution in [2.45, 2.75) is 45.6 Å². The predicted molar refractivity (Wildman–Crippen MR) is 89.7 cm³/mol. The zero-order chi connectivity index (χ0) is 16.3. The average Bonchev–Trinajstić information content (AvgIpc) is 2.51. The maximum atomic E-state index is 12.0. The molecular formula is C14H30N4O3S. The lowest BCUT2D eigenvalue weighted by atomic mass is 10.1. The molecule has 0 amide bonds. The molecule has 0 aromatic rings. The van der Waals surface area contributed by atoms with Crippen LogP contribution < -0.4 is 15.4 Å². The summed E-state index contributed by atoms with van der Waals surface area (Å²) >= 11 is 0. The van der Waals surface area contributed by atoms with Crippen molar-refractivity contribution in [2.24, 2.45) is 4.99 Å². The predicted octanol–water partition coefficient (Wildman–Crippen LogP) is 0.440. The lowest BCUT2D eigenvalue weighted by molar-refractivity contribution is 0.0200. The van der Waals surface area contributed by atoms with E-state index in [0.717, 1.165) is 45.4 Å². The third kappa shape index (κ3) is 8.55. The summed E-state index contributed by atoms with van der Waals surface area (Å²) in [6.07, 6.45) is 4.07. The number of sulfonamides is 1. The van der Waals surface area contributed by atoms with Crippen LogP contribution >= 0.6 is 0 Å². The fourth-order valence-corrected chi connectivity index (χ4v) is 3.08. The molecule has 1 rings (SSSR count). The molecular weight excluding hydrogens is 304 g/mol. The molecule has 22 heavy (non-hydrogen) atoms. The standard InChI is InChI=1S/C14H30N4O3S/c1-3-8-16-14(15-4-2)17-9-11-22(19,20)18-12-13-7-5-6-10-21-13/h13,18H,3-12H2,1-2H3,(H2,15,16,17). The van der Waals surface area contributed by atoms with Crippen molar-refractivity contribution in [3.05, 3.63) is 0 Å². The van der Waals surface area contributed by atoms with Crippen molar-refractivity contribution in [2.75, 3.05) is 38.5 Å². The minimum atomic E-state index is -3.29. The Morgan fingerprint density at radius 2 is 2.09 bits per heavy atom. The number of nitrogens with one attached hydrogen (secondary N) is 3. The summed E-state index contributed by atoms with van der Waals surface area (Å²) in [6, 6.07) is 0. The summed E-state index contributed by atoms with van der Waals surface area (Å²) in [6.45, 7) is 6.93. The van der Waals surface area contributed by atoms with Crippen molar-refractivity contribution in [1.82, 2.24) is 15.4 Å². The molecule has 0 bridgehead atoms. The molecule has 3 N–H and O–H groups in total. The largest absolute Gasteiger partial charge is 0.377 e. The first-order chi connectivity index (χ1) is 10.6. The number of hydrogen-bond donors (Lipinski definition) is 3. The molecule has 1 saturated heterocycles. The first-order valence-corrected chi connectivity index (χ1v) is 9.83. The topological polar surface area (TPSA) is 91.8 Å². The monoisotopic (exact) mass is 334 g/mol. The molecule has 7 nitrogen and oxygen atoms in total. The van der Waals surface area contributed by atoms with Gasteiger partial charge in [-0.1, -0.05) is 6.92 Å². The van der Waals surface area contributed by atoms with Crippen molar-refractivity contribution in [3.63, 3.8) is 0 Å². The quantitative estimate of drug-likeness (QED) is 0.420. The fourth-order valence-electron chi connectivity index (χ4n) is 2.13. The van der Waals surface area contributed by atoms with Gasteiger partial charge in [0.1, 0.15) is 0 Å². The SMILES string of the molecule is CCCN=C(NCC)NCCS(=O)(=O)NCC1CCCCO1. The van der Waals surface area contributed by atoms with Gasteiger partial charge in [0.25, 0.3) is 0 Å². The van der Waals surface area contributed by atoms with E-state index < -0.39 is 10.0 Å². The zero-order valence-electron chi connectivity index (χ0n) is 13.7. The highest BCUT2D eigenvalue weighted by atomic mass is 32.2. The normalized spacial score (nSPS) is 19.9. The minimum Gasteiger partial charge on any atom is -0.377 e. The maximum Gasteiger partial charge on any atom is 0.213 e. The molecule has 1 atom stereocenters. The molecule has 0 saturated carbocycles. The van der Waals surface area contributed by atoms with E-state index in [1.807, 2.05) is 6.92 Å². The Morgan fingerprint density at radius 3 is 2.73 bits per heavy atom. The van der Waals surface area contributed by atoms with Gasteiger partial charge in [-0.2, -0.15) is 0 Å². The van der Waals surface area contributed by atoms with Crippen LogP contribution in [0.15, 0.2) is 4.99 Å². The number of nitrogens with zero attached hydrogens (tertiary/aromatic N) is 1. The highest BCUT2D eigenvalue weighted by Crippen LogP contribution is 2.11. The Balaban J connectivity index is 2.28. The molecule has 1 fully saturated rings. The van der Waals surface area contributed by atoms with Gasteiger partial charge in [-0.05, 0) is 32.6 Å². The summed E-state index contributed by atoms with van der Waals surface area (Å²) in [5, 5.41) is 6.13. The summed E-state index contributed by atoms with van der Waals surface area (Å²) in [4.78, 5) is 4.33. The molecule has 130 valence electrons. The molecule has 8 heteroatoms. The van der Waals surface area contributed by atoms with Crippen LogP contribution in [0.1, 0.15) is 39.5 Å². The van der Waals surface area contributed by atoms with Crippen LogP contribution in [0.4, 0.5) is 0 Å². The Morgan fingerprint density at radius 1 is 1.27 bits per heavy atom. The second-order valence-electron chi connectivity index (χ2n) is 5.34. The lowest BCUT2D eigenvalue weighted by Crippen LogP contribution is -2.42. The van der Waals surface area contributed by atoms with Gasteiger partial charge >= 0.3 is 0 Å². The van der Waals surface area contributed by atoms with Crippen LogP contribution in [0.3, 0.4) is 0 Å². The van der Waals surface area contributed by atoms with E-state index in [-0.39, 0.29) is 11.9 Å². The number of ether oxygens (including phenoxy) is 1. The third-order valence-corrected chi connectivity index (χ3v) is 4.65. The summed E-state index contributed by atoms with van der Waals surface area (Å²) in [7, 11) is -3.29. The van der Waals surface area contributed by atoms with Gasteiger partial charge in [0.15, 0.2) is 5.96 Å². The Labute approximate surface area is 134 Å². The van der Waals surface area contributed by atoms with E-state index in [2.05, 4.69) is 27.3 Å². The van der Waals surface area contributed by atoms with Gasteiger partial charge < -0.3 is 15.4 Å². The van der Waals surface area contributed by atoms with Gasteiger partial charge in [-0.3, -0.25) is 4.99 Å². The van der Waals surface area contributed by atoms with E-state index in [1.54, 1.807) is 0 Å². The van der Waals surface area contributed by atoms with E-state index in [1.165, 1.54) is 0 Å². The third-order valence-electron chi connectivity index (χ3n) is 3.31. The average molecular weight is 334 g/mol. The van der Waals surface area contributed by atoms with Crippen LogP contribution in [0.2, 0.25) is 0 Å². The van der Waals surface area contributed by atoms with Crippen molar-refractivity contribution in [3.8, 4) is 0 Å². The molecule has 1 aliphatic rings. The van der Waals surface area contributed by atoms with Crippen LogP contribution in [-0.4, -0.2) is 59.0 Å². The molecule has 0 aromatic heterocycles. The van der Waals surface area contributed by atoms with Gasteiger partial charge in [-0.25, -0.2) is 13.1 Å². The van der Waals surface area contributed by atoms with E-state index in [9.17, 15) is 8.42 Å². The zero-order valence-corrected chi connectivity index (χ0v) is 14.5. The first kappa shape index (κ1) is 19.2. The molecule has 0 radical (unpaired) electrons. The Bertz CT molecular complexity index is 420. The maximum absolute atomic E-state index is 12.0. The molecule has 0 spiro atoms. The molecule has 0 aliphatic carbocycles. The summed E-state index contributed by atoms with van der Waals surface area (Å²) in [5.41, 5.74) is 0. The van der Waals surface area contributed by atoms with Crippen molar-refractivity contribution >= 4 is 16.0 Å². The van der Waals surface area contributed by atoms with Crippen LogP contribution in [0.5, 0.6) is 0 Å². The first-order valence-electron chi connectivity index (χ1n) is 8.18. The molecule has 0 aromatic carbocycles. The minimum absolute atomic E-state index is 0.0138. The highest BCUT2D eigenvalue weighted by molar-refractivity contribution is 7.89. The van der Waals surface area contributed by atoms with Gasteiger partial charge in [0.2, 0.25) is 10.0 Å². The van der Waals surface area contributed by atoms with Crippen molar-refractivity contribution < 1.29 is 13.2 Å². The highest BCUT2D eigenvalue weighted by Gasteiger charge is 2.17. The van der Waals surface area contributed by atoms with E-state index in [4.69, 9.17) is 4.74 Å². The Kier molecular flexibility index (Phi) is 9.42. The van der Waals surface area contributed by atoms with Crippen LogP contribution in [0, 0.1) is 0 Å². The summed E-state index contributed by atoms with van der Waals surface area (Å²) < 4.78 is 32.1. The molecule has 1 heterocycles. The van der Waals surface area contributed by atoms with Gasteiger partial charge in [-0.15, -0.1) is 0 Å². The van der Waals surface area contributed by atoms with Crippen molar-refractivity contribution in [1.29, 1.82) is 0 Å². The van der Waals surface area contributed by atoms with Gasteiger partial charge in [0.05, 0.1) is 11.9 Å². The number of aliphatic imine (C=N–C) groups is 1. The van der Waals surface area contributed by atoms with Crippen LogP contribution in [0.25, 0.3) is 0 Å². The van der Waals surface area contributed by atoms with E-state index >= 15 is 0 Å². The number of rotatable bonds is 9. The number of hydrogen-bond acceptors (Lipinski definition) is 4. The Hall–Kier alpha value is -0.860. The second kappa shape index (κ2) is 10.8. The van der Waals surface area contributed by atoms with Gasteiger partial charge in [0, 0.05) is 32.8 Å². The van der Waals surface area contributed by atoms with Crippen LogP contribution in [-0.2, 0) is 14.8 Å². The number of guanidine groups is 1. The lowest BCUT2D eigenvalue weighted by Gasteiger charge is -2.22. The fraction of sp³-hybridized carbons (Fsp3) is 0.929.